The predicted molar refractivity (Wildman–Crippen MR) is 98.8 cm³/mol. The van der Waals surface area contributed by atoms with E-state index in [0.29, 0.717) is 37.8 Å². The number of benzene rings is 1. The summed E-state index contributed by atoms with van der Waals surface area (Å²) in [6, 6.07) is 11.7. The van der Waals surface area contributed by atoms with Gasteiger partial charge in [-0.05, 0) is 25.5 Å². The van der Waals surface area contributed by atoms with Gasteiger partial charge in [-0.2, -0.15) is 0 Å². The quantitative estimate of drug-likeness (QED) is 0.830. The molecule has 1 N–H and O–H groups in total. The van der Waals surface area contributed by atoms with Crippen molar-refractivity contribution in [3.05, 3.63) is 53.3 Å². The number of anilines is 1. The van der Waals surface area contributed by atoms with E-state index < -0.39 is 0 Å². The number of amides is 2. The Morgan fingerprint density at radius 2 is 1.85 bits per heavy atom. The molecule has 1 saturated heterocycles. The average Bonchev–Trinajstić information content (AvgIpc) is 2.67. The summed E-state index contributed by atoms with van der Waals surface area (Å²) >= 11 is 0. The van der Waals surface area contributed by atoms with Crippen LogP contribution in [0.15, 0.2) is 36.4 Å². The Kier molecular flexibility index (Phi) is 5.46. The zero-order valence-electron chi connectivity index (χ0n) is 15.1. The number of nitrogens with zero attached hydrogens (tertiary/aromatic N) is 4. The van der Waals surface area contributed by atoms with Crippen LogP contribution in [-0.4, -0.2) is 58.3 Å². The fraction of sp³-hybridized carbons (Fsp3) is 0.368. The van der Waals surface area contributed by atoms with Crippen molar-refractivity contribution < 1.29 is 9.59 Å². The first-order chi connectivity index (χ1) is 12.6. The molecule has 0 saturated carbocycles. The van der Waals surface area contributed by atoms with Crippen LogP contribution in [0.25, 0.3) is 0 Å². The summed E-state index contributed by atoms with van der Waals surface area (Å²) in [6.45, 7) is 6.01. The van der Waals surface area contributed by atoms with Gasteiger partial charge in [-0.15, -0.1) is 0 Å². The molecule has 1 aromatic carbocycles. The monoisotopic (exact) mass is 353 g/mol. The van der Waals surface area contributed by atoms with Gasteiger partial charge >= 0.3 is 0 Å². The number of carbonyl (C=O) groups is 2. The van der Waals surface area contributed by atoms with Crippen LogP contribution >= 0.6 is 0 Å². The van der Waals surface area contributed by atoms with E-state index >= 15 is 0 Å². The Labute approximate surface area is 153 Å². The Hall–Kier alpha value is -2.96. The molecule has 2 aromatic rings. The van der Waals surface area contributed by atoms with Crippen LogP contribution in [0.2, 0.25) is 0 Å². The third-order valence-corrected chi connectivity index (χ3v) is 4.47. The molecule has 0 aliphatic carbocycles. The molecular weight excluding hydrogens is 330 g/mol. The Morgan fingerprint density at radius 1 is 1.15 bits per heavy atom. The minimum Gasteiger partial charge on any atom is -0.348 e. The lowest BCUT2D eigenvalue weighted by molar-refractivity contribution is -0.119. The van der Waals surface area contributed by atoms with Gasteiger partial charge in [0.1, 0.15) is 5.69 Å². The Bertz CT molecular complexity index is 773. The van der Waals surface area contributed by atoms with Crippen LogP contribution in [-0.2, 0) is 4.79 Å². The first-order valence-corrected chi connectivity index (χ1v) is 8.72. The van der Waals surface area contributed by atoms with Crippen molar-refractivity contribution in [2.75, 3.05) is 31.5 Å². The summed E-state index contributed by atoms with van der Waals surface area (Å²) in [7, 11) is 0. The molecule has 1 aliphatic rings. The summed E-state index contributed by atoms with van der Waals surface area (Å²) in [4.78, 5) is 35.8. The topological polar surface area (TPSA) is 78.4 Å². The van der Waals surface area contributed by atoms with Crippen LogP contribution in [0.1, 0.15) is 34.7 Å². The second kappa shape index (κ2) is 7.95. The minimum atomic E-state index is -0.128. The lowest BCUT2D eigenvalue weighted by atomic mass is 10.1. The third-order valence-electron chi connectivity index (χ3n) is 4.47. The van der Waals surface area contributed by atoms with E-state index in [2.05, 4.69) is 15.3 Å². The molecule has 2 amide bonds. The molecular formula is C19H23N5O2. The second-order valence-corrected chi connectivity index (χ2v) is 6.43. The van der Waals surface area contributed by atoms with Crippen molar-refractivity contribution in [3.63, 3.8) is 0 Å². The van der Waals surface area contributed by atoms with E-state index in [1.807, 2.05) is 44.2 Å². The summed E-state index contributed by atoms with van der Waals surface area (Å²) < 4.78 is 0. The van der Waals surface area contributed by atoms with Gasteiger partial charge in [0.05, 0.1) is 6.04 Å². The fourth-order valence-electron chi connectivity index (χ4n) is 2.95. The van der Waals surface area contributed by atoms with E-state index in [4.69, 9.17) is 0 Å². The number of piperazine rings is 1. The normalized spacial score (nSPS) is 15.5. The van der Waals surface area contributed by atoms with Crippen molar-refractivity contribution >= 4 is 18.3 Å². The number of hydrogen-bond acceptors (Lipinski definition) is 5. The van der Waals surface area contributed by atoms with Crippen molar-refractivity contribution in [2.24, 2.45) is 0 Å². The van der Waals surface area contributed by atoms with Crippen molar-refractivity contribution in [1.82, 2.24) is 19.8 Å². The second-order valence-electron chi connectivity index (χ2n) is 6.43. The third kappa shape index (κ3) is 4.17. The fourth-order valence-corrected chi connectivity index (χ4v) is 2.95. The summed E-state index contributed by atoms with van der Waals surface area (Å²) in [5, 5.41) is 3.27. The highest BCUT2D eigenvalue weighted by atomic mass is 16.2. The van der Waals surface area contributed by atoms with Gasteiger partial charge in [-0.1, -0.05) is 30.3 Å². The zero-order chi connectivity index (χ0) is 18.5. The molecule has 1 aromatic heterocycles. The first-order valence-electron chi connectivity index (χ1n) is 8.72. The maximum Gasteiger partial charge on any atom is 0.272 e. The molecule has 7 nitrogen and oxygen atoms in total. The van der Waals surface area contributed by atoms with Gasteiger partial charge in [-0.25, -0.2) is 9.97 Å². The van der Waals surface area contributed by atoms with Gasteiger partial charge in [0.25, 0.3) is 5.91 Å². The lowest BCUT2D eigenvalue weighted by Gasteiger charge is -2.32. The van der Waals surface area contributed by atoms with Gasteiger partial charge in [-0.3, -0.25) is 9.59 Å². The zero-order valence-corrected chi connectivity index (χ0v) is 15.1. The molecule has 1 atom stereocenters. The molecule has 3 rings (SSSR count). The van der Waals surface area contributed by atoms with Crippen molar-refractivity contribution in [2.45, 2.75) is 19.9 Å². The van der Waals surface area contributed by atoms with E-state index in [9.17, 15) is 9.59 Å². The molecule has 0 radical (unpaired) electrons. The molecule has 1 aliphatic heterocycles. The van der Waals surface area contributed by atoms with Crippen LogP contribution in [0.5, 0.6) is 0 Å². The number of aromatic nitrogens is 2. The highest BCUT2D eigenvalue weighted by Crippen LogP contribution is 2.17. The van der Waals surface area contributed by atoms with Crippen LogP contribution < -0.4 is 5.32 Å². The SMILES string of the molecule is Cc1cc(C(=O)N2CCN(C=O)CC2)nc(NC(C)c2ccccc2)n1. The molecule has 26 heavy (non-hydrogen) atoms. The Morgan fingerprint density at radius 3 is 2.50 bits per heavy atom. The van der Waals surface area contributed by atoms with Crippen LogP contribution in [0.3, 0.4) is 0 Å². The molecule has 0 bridgehead atoms. The van der Waals surface area contributed by atoms with Gasteiger partial charge < -0.3 is 15.1 Å². The van der Waals surface area contributed by atoms with E-state index in [1.54, 1.807) is 15.9 Å². The number of carbonyl (C=O) groups excluding carboxylic acids is 2. The van der Waals surface area contributed by atoms with Crippen LogP contribution in [0.4, 0.5) is 5.95 Å². The van der Waals surface area contributed by atoms with Gasteiger partial charge in [0.2, 0.25) is 12.4 Å². The van der Waals surface area contributed by atoms with E-state index in [1.165, 1.54) is 0 Å². The van der Waals surface area contributed by atoms with E-state index in [0.717, 1.165) is 17.7 Å². The molecule has 7 heteroatoms. The number of aryl methyl sites for hydroxylation is 1. The van der Waals surface area contributed by atoms with Gasteiger partial charge in [0, 0.05) is 31.9 Å². The van der Waals surface area contributed by atoms with E-state index in [-0.39, 0.29) is 11.9 Å². The molecule has 1 fully saturated rings. The maximum absolute atomic E-state index is 12.8. The lowest BCUT2D eigenvalue weighted by Crippen LogP contribution is -2.48. The highest BCUT2D eigenvalue weighted by Gasteiger charge is 2.23. The average molecular weight is 353 g/mol. The van der Waals surface area contributed by atoms with Crippen molar-refractivity contribution in [1.29, 1.82) is 0 Å². The molecule has 1 unspecified atom stereocenters. The molecule has 0 spiro atoms. The summed E-state index contributed by atoms with van der Waals surface area (Å²) in [5.74, 6) is 0.313. The summed E-state index contributed by atoms with van der Waals surface area (Å²) in [5.41, 5.74) is 2.23. The predicted octanol–water partition coefficient (Wildman–Crippen LogP) is 1.87. The molecule has 2 heterocycles. The Balaban J connectivity index is 1.73. The number of rotatable bonds is 5. The standard InChI is InChI=1S/C19H23N5O2/c1-14-12-17(18(26)24-10-8-23(13-25)9-11-24)22-19(20-14)21-15(2)16-6-4-3-5-7-16/h3-7,12-13,15H,8-11H2,1-2H3,(H,20,21,22). The van der Waals surface area contributed by atoms with Crippen LogP contribution in [0, 0.1) is 6.92 Å². The van der Waals surface area contributed by atoms with Gasteiger partial charge in [0.15, 0.2) is 0 Å². The number of hydrogen-bond donors (Lipinski definition) is 1. The first kappa shape index (κ1) is 17.8. The maximum atomic E-state index is 12.8. The molecule has 136 valence electrons. The summed E-state index contributed by atoms with van der Waals surface area (Å²) in [6.07, 6.45) is 0.823. The largest absolute Gasteiger partial charge is 0.348 e. The minimum absolute atomic E-state index is 0.0251. The van der Waals surface area contributed by atoms with Crippen molar-refractivity contribution in [3.8, 4) is 0 Å². The smallest absolute Gasteiger partial charge is 0.272 e. The highest BCUT2D eigenvalue weighted by molar-refractivity contribution is 5.92. The number of nitrogens with one attached hydrogen (secondary N) is 1.